The van der Waals surface area contributed by atoms with Crippen LogP contribution in [0.4, 0.5) is 0 Å². The van der Waals surface area contributed by atoms with E-state index in [0.717, 1.165) is 29.4 Å². The number of hydrazine groups is 1. The molecule has 4 nitrogen and oxygen atoms in total. The molecule has 0 aliphatic heterocycles. The van der Waals surface area contributed by atoms with Crippen LogP contribution in [0.25, 0.3) is 0 Å². The number of rotatable bonds is 6. The number of nitrogens with two attached hydrogens (primary N) is 1. The average molecular weight is 351 g/mol. The zero-order valence-electron chi connectivity index (χ0n) is 12.9. The Kier molecular flexibility index (Phi) is 5.56. The molecular weight excluding hydrogens is 328 g/mol. The molecule has 114 valence electrons. The van der Waals surface area contributed by atoms with Crippen molar-refractivity contribution in [3.63, 3.8) is 0 Å². The number of aryl methyl sites for hydroxylation is 2. The number of benzene rings is 1. The van der Waals surface area contributed by atoms with E-state index >= 15 is 0 Å². The average Bonchev–Trinajstić information content (AvgIpc) is 2.71. The van der Waals surface area contributed by atoms with Gasteiger partial charge in [-0.15, -0.1) is 0 Å². The van der Waals surface area contributed by atoms with Gasteiger partial charge in [-0.1, -0.05) is 28.1 Å². The minimum Gasteiger partial charge on any atom is -0.272 e. The van der Waals surface area contributed by atoms with Crippen LogP contribution in [0.5, 0.6) is 0 Å². The predicted octanol–water partition coefficient (Wildman–Crippen LogP) is 2.81. The van der Waals surface area contributed by atoms with Gasteiger partial charge in [-0.2, -0.15) is 5.10 Å². The van der Waals surface area contributed by atoms with Gasteiger partial charge in [-0.25, -0.2) is 0 Å². The molecule has 0 radical (unpaired) electrons. The molecule has 2 rings (SSSR count). The fourth-order valence-electron chi connectivity index (χ4n) is 2.65. The van der Waals surface area contributed by atoms with Crippen molar-refractivity contribution in [2.45, 2.75) is 39.2 Å². The molecule has 1 aromatic carbocycles. The van der Waals surface area contributed by atoms with E-state index in [1.807, 2.05) is 11.7 Å². The van der Waals surface area contributed by atoms with Gasteiger partial charge in [0, 0.05) is 23.3 Å². The molecule has 0 saturated heterocycles. The smallest absolute Gasteiger partial charge is 0.0628 e. The van der Waals surface area contributed by atoms with Crippen LogP contribution in [0, 0.1) is 13.8 Å². The largest absolute Gasteiger partial charge is 0.272 e. The van der Waals surface area contributed by atoms with E-state index in [1.165, 1.54) is 16.8 Å². The molecule has 1 atom stereocenters. The molecule has 1 aromatic heterocycles. The van der Waals surface area contributed by atoms with Crippen LogP contribution >= 0.6 is 15.9 Å². The monoisotopic (exact) mass is 350 g/mol. The van der Waals surface area contributed by atoms with Crippen molar-refractivity contribution in [1.82, 2.24) is 15.2 Å². The predicted molar refractivity (Wildman–Crippen MR) is 90.0 cm³/mol. The third-order valence-corrected chi connectivity index (χ3v) is 4.56. The van der Waals surface area contributed by atoms with E-state index in [1.54, 1.807) is 0 Å². The van der Waals surface area contributed by atoms with Crippen LogP contribution < -0.4 is 11.3 Å². The lowest BCUT2D eigenvalue weighted by Gasteiger charge is -2.16. The lowest BCUT2D eigenvalue weighted by Crippen LogP contribution is -2.37. The van der Waals surface area contributed by atoms with Gasteiger partial charge in [0.25, 0.3) is 0 Å². The molecule has 0 spiro atoms. The maximum atomic E-state index is 5.72. The first-order valence-corrected chi connectivity index (χ1v) is 8.00. The van der Waals surface area contributed by atoms with Gasteiger partial charge in [0.2, 0.25) is 0 Å². The Morgan fingerprint density at radius 3 is 2.48 bits per heavy atom. The molecule has 0 fully saturated rings. The first-order valence-electron chi connectivity index (χ1n) is 7.21. The number of aromatic nitrogens is 2. The summed E-state index contributed by atoms with van der Waals surface area (Å²) in [6.45, 7) is 4.19. The standard InChI is InChI=1S/C16H23BrN4/c1-11-16(12(2)21(3)20-11)9-8-15(19-18)10-13-4-6-14(17)7-5-13/h4-7,15,19H,8-10,18H2,1-3H3. The lowest BCUT2D eigenvalue weighted by molar-refractivity contribution is 0.490. The second kappa shape index (κ2) is 7.20. The molecule has 0 saturated carbocycles. The summed E-state index contributed by atoms with van der Waals surface area (Å²) in [6.07, 6.45) is 2.93. The summed E-state index contributed by atoms with van der Waals surface area (Å²) in [5, 5.41) is 4.47. The van der Waals surface area contributed by atoms with Crippen molar-refractivity contribution >= 4 is 15.9 Å². The van der Waals surface area contributed by atoms with Crippen molar-refractivity contribution in [3.05, 3.63) is 51.3 Å². The summed E-state index contributed by atoms with van der Waals surface area (Å²) in [5.74, 6) is 5.72. The summed E-state index contributed by atoms with van der Waals surface area (Å²) < 4.78 is 3.05. The maximum absolute atomic E-state index is 5.72. The Labute approximate surface area is 134 Å². The van der Waals surface area contributed by atoms with E-state index < -0.39 is 0 Å². The molecular formula is C16H23BrN4. The van der Waals surface area contributed by atoms with Crippen molar-refractivity contribution in [2.24, 2.45) is 12.9 Å². The Balaban J connectivity index is 1.98. The van der Waals surface area contributed by atoms with E-state index in [-0.39, 0.29) is 6.04 Å². The van der Waals surface area contributed by atoms with Gasteiger partial charge in [-0.3, -0.25) is 16.0 Å². The molecule has 1 heterocycles. The normalized spacial score (nSPS) is 12.6. The molecule has 3 N–H and O–H groups in total. The van der Waals surface area contributed by atoms with E-state index in [9.17, 15) is 0 Å². The quantitative estimate of drug-likeness (QED) is 0.622. The number of nitrogens with zero attached hydrogens (tertiary/aromatic N) is 2. The van der Waals surface area contributed by atoms with Gasteiger partial charge in [0.05, 0.1) is 5.69 Å². The van der Waals surface area contributed by atoms with Gasteiger partial charge in [0.15, 0.2) is 0 Å². The van der Waals surface area contributed by atoms with Gasteiger partial charge >= 0.3 is 0 Å². The van der Waals surface area contributed by atoms with Crippen LogP contribution in [0.2, 0.25) is 0 Å². The van der Waals surface area contributed by atoms with Crippen molar-refractivity contribution in [2.75, 3.05) is 0 Å². The molecule has 1 unspecified atom stereocenters. The van der Waals surface area contributed by atoms with E-state index in [4.69, 9.17) is 5.84 Å². The third-order valence-electron chi connectivity index (χ3n) is 4.03. The lowest BCUT2D eigenvalue weighted by atomic mass is 9.99. The Morgan fingerprint density at radius 2 is 1.95 bits per heavy atom. The Bertz CT molecular complexity index is 589. The molecule has 0 aliphatic carbocycles. The highest BCUT2D eigenvalue weighted by atomic mass is 79.9. The SMILES string of the molecule is Cc1nn(C)c(C)c1CCC(Cc1ccc(Br)cc1)NN. The summed E-state index contributed by atoms with van der Waals surface area (Å²) >= 11 is 3.46. The Hall–Kier alpha value is -1.17. The molecule has 5 heteroatoms. The summed E-state index contributed by atoms with van der Waals surface area (Å²) in [4.78, 5) is 0. The highest BCUT2D eigenvalue weighted by Crippen LogP contribution is 2.17. The van der Waals surface area contributed by atoms with Crippen molar-refractivity contribution in [1.29, 1.82) is 0 Å². The number of halogens is 1. The summed E-state index contributed by atoms with van der Waals surface area (Å²) in [6, 6.07) is 8.67. The number of hydrogen-bond donors (Lipinski definition) is 2. The topological polar surface area (TPSA) is 55.9 Å². The molecule has 0 amide bonds. The first kappa shape index (κ1) is 16.2. The van der Waals surface area contributed by atoms with Crippen LogP contribution in [-0.4, -0.2) is 15.8 Å². The fourth-order valence-corrected chi connectivity index (χ4v) is 2.91. The Morgan fingerprint density at radius 1 is 1.29 bits per heavy atom. The zero-order chi connectivity index (χ0) is 15.4. The van der Waals surface area contributed by atoms with Gasteiger partial charge in [-0.05, 0) is 56.4 Å². The number of hydrogen-bond acceptors (Lipinski definition) is 3. The third kappa shape index (κ3) is 4.15. The van der Waals surface area contributed by atoms with Gasteiger partial charge < -0.3 is 0 Å². The highest BCUT2D eigenvalue weighted by molar-refractivity contribution is 9.10. The summed E-state index contributed by atoms with van der Waals surface area (Å²) in [5.41, 5.74) is 7.94. The molecule has 2 aromatic rings. The van der Waals surface area contributed by atoms with Crippen LogP contribution in [-0.2, 0) is 19.9 Å². The van der Waals surface area contributed by atoms with Crippen LogP contribution in [0.15, 0.2) is 28.7 Å². The van der Waals surface area contributed by atoms with E-state index in [2.05, 4.69) is 64.6 Å². The highest BCUT2D eigenvalue weighted by Gasteiger charge is 2.13. The molecule has 0 bridgehead atoms. The minimum absolute atomic E-state index is 0.269. The molecule has 0 aliphatic rings. The number of nitrogens with one attached hydrogen (secondary N) is 1. The van der Waals surface area contributed by atoms with Gasteiger partial charge in [0.1, 0.15) is 0 Å². The minimum atomic E-state index is 0.269. The second-order valence-corrected chi connectivity index (χ2v) is 6.42. The summed E-state index contributed by atoms with van der Waals surface area (Å²) in [7, 11) is 1.99. The maximum Gasteiger partial charge on any atom is 0.0628 e. The van der Waals surface area contributed by atoms with Crippen molar-refractivity contribution in [3.8, 4) is 0 Å². The second-order valence-electron chi connectivity index (χ2n) is 5.51. The van der Waals surface area contributed by atoms with Crippen LogP contribution in [0.3, 0.4) is 0 Å². The molecule has 21 heavy (non-hydrogen) atoms. The van der Waals surface area contributed by atoms with Crippen molar-refractivity contribution < 1.29 is 0 Å². The van der Waals surface area contributed by atoms with E-state index in [0.29, 0.717) is 0 Å². The zero-order valence-corrected chi connectivity index (χ0v) is 14.4. The fraction of sp³-hybridized carbons (Fsp3) is 0.438. The first-order chi connectivity index (χ1) is 10.0. The van der Waals surface area contributed by atoms with Crippen LogP contribution in [0.1, 0.15) is 28.9 Å².